The summed E-state index contributed by atoms with van der Waals surface area (Å²) in [5, 5.41) is 1.15. The number of para-hydroxylation sites is 1. The first-order valence-corrected chi connectivity index (χ1v) is 8.66. The summed E-state index contributed by atoms with van der Waals surface area (Å²) < 4.78 is 14.2. The third kappa shape index (κ3) is 2.87. The van der Waals surface area contributed by atoms with E-state index in [1.165, 1.54) is 6.07 Å². The highest BCUT2D eigenvalue weighted by Crippen LogP contribution is 2.31. The minimum Gasteiger partial charge on any atom is -0.339 e. The Kier molecular flexibility index (Phi) is 4.14. The molecule has 1 fully saturated rings. The van der Waals surface area contributed by atoms with Crippen molar-refractivity contribution in [1.29, 1.82) is 0 Å². The monoisotopic (exact) mass is 354 g/mol. The minimum atomic E-state index is -0.374. The molecule has 0 saturated carbocycles. The third-order valence-electron chi connectivity index (χ3n) is 4.56. The molecule has 126 valence electrons. The van der Waals surface area contributed by atoms with E-state index in [0.29, 0.717) is 32.7 Å². The van der Waals surface area contributed by atoms with Crippen molar-refractivity contribution in [2.45, 2.75) is 12.8 Å². The van der Waals surface area contributed by atoms with Crippen molar-refractivity contribution in [2.75, 3.05) is 13.1 Å². The van der Waals surface area contributed by atoms with Crippen molar-refractivity contribution < 1.29 is 9.18 Å². The number of rotatable bonds is 2. The van der Waals surface area contributed by atoms with E-state index in [0.717, 1.165) is 25.9 Å². The number of aromatic nitrogens is 1. The summed E-state index contributed by atoms with van der Waals surface area (Å²) in [6, 6.07) is 13.5. The summed E-state index contributed by atoms with van der Waals surface area (Å²) in [7, 11) is 0. The van der Waals surface area contributed by atoms with Crippen molar-refractivity contribution in [1.82, 2.24) is 9.88 Å². The molecule has 2 aromatic carbocycles. The second-order valence-electron chi connectivity index (χ2n) is 6.17. The van der Waals surface area contributed by atoms with Crippen LogP contribution in [0.2, 0.25) is 5.02 Å². The van der Waals surface area contributed by atoms with Gasteiger partial charge in [-0.3, -0.25) is 4.79 Å². The zero-order chi connectivity index (χ0) is 17.4. The van der Waals surface area contributed by atoms with E-state index in [9.17, 15) is 9.18 Å². The quantitative estimate of drug-likeness (QED) is 0.653. The standard InChI is InChI=1S/C20H16ClFN2O/c21-16-8-5-7-13-15(20(25)24-10-3-4-11-24)12-18(23-19(13)16)14-6-1-2-9-17(14)22/h1-2,5-9,12H,3-4,10-11H2. The van der Waals surface area contributed by atoms with Crippen molar-refractivity contribution in [3.05, 3.63) is 64.9 Å². The lowest BCUT2D eigenvalue weighted by molar-refractivity contribution is 0.0794. The van der Waals surface area contributed by atoms with Gasteiger partial charge in [-0.25, -0.2) is 9.37 Å². The number of benzene rings is 2. The summed E-state index contributed by atoms with van der Waals surface area (Å²) in [6.45, 7) is 1.50. The fraction of sp³-hybridized carbons (Fsp3) is 0.200. The maximum atomic E-state index is 14.2. The first-order valence-electron chi connectivity index (χ1n) is 8.28. The largest absolute Gasteiger partial charge is 0.339 e. The predicted molar refractivity (Wildman–Crippen MR) is 97.3 cm³/mol. The second kappa shape index (κ2) is 6.45. The topological polar surface area (TPSA) is 33.2 Å². The SMILES string of the molecule is O=C(c1cc(-c2ccccc2F)nc2c(Cl)cccc12)N1CCCC1. The number of nitrogens with zero attached hydrogens (tertiary/aromatic N) is 2. The van der Waals surface area contributed by atoms with Gasteiger partial charge in [-0.2, -0.15) is 0 Å². The molecule has 0 aliphatic carbocycles. The van der Waals surface area contributed by atoms with E-state index in [-0.39, 0.29) is 11.7 Å². The fourth-order valence-corrected chi connectivity index (χ4v) is 3.50. The summed E-state index contributed by atoms with van der Waals surface area (Å²) in [6.07, 6.45) is 2.02. The van der Waals surface area contributed by atoms with E-state index < -0.39 is 0 Å². The molecule has 25 heavy (non-hydrogen) atoms. The van der Waals surface area contributed by atoms with Crippen LogP contribution in [-0.4, -0.2) is 28.9 Å². The summed E-state index contributed by atoms with van der Waals surface area (Å²) >= 11 is 6.31. The molecule has 0 spiro atoms. The average Bonchev–Trinajstić information content (AvgIpc) is 3.16. The Balaban J connectivity index is 1.95. The molecule has 1 aromatic heterocycles. The summed E-state index contributed by atoms with van der Waals surface area (Å²) in [4.78, 5) is 19.4. The highest BCUT2D eigenvalue weighted by molar-refractivity contribution is 6.35. The van der Waals surface area contributed by atoms with Gasteiger partial charge in [0.15, 0.2) is 0 Å². The van der Waals surface area contributed by atoms with Gasteiger partial charge < -0.3 is 4.90 Å². The van der Waals surface area contributed by atoms with Gasteiger partial charge in [-0.15, -0.1) is 0 Å². The molecule has 0 atom stereocenters. The molecule has 0 bridgehead atoms. The lowest BCUT2D eigenvalue weighted by Crippen LogP contribution is -2.27. The van der Waals surface area contributed by atoms with Gasteiger partial charge in [0, 0.05) is 24.0 Å². The lowest BCUT2D eigenvalue weighted by atomic mass is 10.0. The van der Waals surface area contributed by atoms with Gasteiger partial charge in [0.25, 0.3) is 5.91 Å². The summed E-state index contributed by atoms with van der Waals surface area (Å²) in [5.74, 6) is -0.425. The lowest BCUT2D eigenvalue weighted by Gasteiger charge is -2.18. The molecule has 3 aromatic rings. The smallest absolute Gasteiger partial charge is 0.254 e. The van der Waals surface area contributed by atoms with Gasteiger partial charge in [0.2, 0.25) is 0 Å². The molecule has 1 saturated heterocycles. The van der Waals surface area contributed by atoms with Crippen LogP contribution in [0, 0.1) is 5.82 Å². The molecule has 1 aliphatic rings. The second-order valence-corrected chi connectivity index (χ2v) is 6.58. The third-order valence-corrected chi connectivity index (χ3v) is 4.87. The summed E-state index contributed by atoms with van der Waals surface area (Å²) in [5.41, 5.74) is 1.82. The highest BCUT2D eigenvalue weighted by Gasteiger charge is 2.23. The predicted octanol–water partition coefficient (Wildman–Crippen LogP) is 4.93. The zero-order valence-electron chi connectivity index (χ0n) is 13.5. The van der Waals surface area contributed by atoms with Crippen LogP contribution < -0.4 is 0 Å². The number of fused-ring (bicyclic) bond motifs is 1. The van der Waals surface area contributed by atoms with E-state index in [4.69, 9.17) is 11.6 Å². The van der Waals surface area contributed by atoms with Crippen LogP contribution in [0.4, 0.5) is 4.39 Å². The molecule has 0 unspecified atom stereocenters. The van der Waals surface area contributed by atoms with Crippen molar-refractivity contribution in [2.24, 2.45) is 0 Å². The average molecular weight is 355 g/mol. The van der Waals surface area contributed by atoms with Crippen LogP contribution in [0.3, 0.4) is 0 Å². The Bertz CT molecular complexity index is 967. The van der Waals surface area contributed by atoms with Crippen molar-refractivity contribution in [3.8, 4) is 11.3 Å². The maximum absolute atomic E-state index is 14.2. The van der Waals surface area contributed by atoms with Crippen LogP contribution >= 0.6 is 11.6 Å². The molecule has 1 aliphatic heterocycles. The number of halogens is 2. The normalized spacial score (nSPS) is 14.2. The van der Waals surface area contributed by atoms with Gasteiger partial charge in [0.05, 0.1) is 21.8 Å². The van der Waals surface area contributed by atoms with E-state index in [1.54, 1.807) is 36.4 Å². The van der Waals surface area contributed by atoms with Crippen LogP contribution in [0.25, 0.3) is 22.2 Å². The molecule has 2 heterocycles. The fourth-order valence-electron chi connectivity index (χ4n) is 3.29. The molecule has 4 rings (SSSR count). The number of hydrogen-bond acceptors (Lipinski definition) is 2. The number of pyridine rings is 1. The van der Waals surface area contributed by atoms with Crippen molar-refractivity contribution >= 4 is 28.4 Å². The molecule has 5 heteroatoms. The van der Waals surface area contributed by atoms with Gasteiger partial charge in [-0.05, 0) is 37.1 Å². The molecular formula is C20H16ClFN2O. The molecule has 0 N–H and O–H groups in total. The van der Waals surface area contributed by atoms with E-state index >= 15 is 0 Å². The van der Waals surface area contributed by atoms with Gasteiger partial charge in [0.1, 0.15) is 5.82 Å². The van der Waals surface area contributed by atoms with Gasteiger partial charge in [-0.1, -0.05) is 35.9 Å². The number of carbonyl (C=O) groups is 1. The highest BCUT2D eigenvalue weighted by atomic mass is 35.5. The number of hydrogen-bond donors (Lipinski definition) is 0. The Morgan fingerprint density at radius 1 is 1.08 bits per heavy atom. The van der Waals surface area contributed by atoms with Crippen LogP contribution in [-0.2, 0) is 0 Å². The van der Waals surface area contributed by atoms with Gasteiger partial charge >= 0.3 is 0 Å². The molecule has 3 nitrogen and oxygen atoms in total. The van der Waals surface area contributed by atoms with E-state index in [1.807, 2.05) is 11.0 Å². The zero-order valence-corrected chi connectivity index (χ0v) is 14.3. The van der Waals surface area contributed by atoms with Crippen molar-refractivity contribution in [3.63, 3.8) is 0 Å². The molecule has 0 radical (unpaired) electrons. The Labute approximate surface area is 150 Å². The number of carbonyl (C=O) groups excluding carboxylic acids is 1. The van der Waals surface area contributed by atoms with Crippen LogP contribution in [0.1, 0.15) is 23.2 Å². The van der Waals surface area contributed by atoms with Crippen LogP contribution in [0.5, 0.6) is 0 Å². The molecule has 1 amide bonds. The molecular weight excluding hydrogens is 339 g/mol. The Morgan fingerprint density at radius 2 is 1.84 bits per heavy atom. The Hall–Kier alpha value is -2.46. The van der Waals surface area contributed by atoms with E-state index in [2.05, 4.69) is 4.98 Å². The Morgan fingerprint density at radius 3 is 2.60 bits per heavy atom. The first-order chi connectivity index (χ1) is 12.1. The maximum Gasteiger partial charge on any atom is 0.254 e. The van der Waals surface area contributed by atoms with Crippen LogP contribution in [0.15, 0.2) is 48.5 Å². The minimum absolute atomic E-state index is 0.0512. The first kappa shape index (κ1) is 16.0. The number of likely N-dealkylation sites (tertiary alicyclic amines) is 1. The number of amides is 1.